The number of esters is 1. The van der Waals surface area contributed by atoms with E-state index in [1.807, 2.05) is 29.1 Å². The van der Waals surface area contributed by atoms with Crippen molar-refractivity contribution in [2.24, 2.45) is 0 Å². The molecule has 0 unspecified atom stereocenters. The minimum atomic E-state index is -0.463. The molecule has 8 heteroatoms. The van der Waals surface area contributed by atoms with Gasteiger partial charge >= 0.3 is 5.97 Å². The Morgan fingerprint density at radius 1 is 1.26 bits per heavy atom. The van der Waals surface area contributed by atoms with Crippen molar-refractivity contribution in [3.8, 4) is 16.5 Å². The molecule has 0 N–H and O–H groups in total. The number of carbonyl (C=O) groups excluding carboxylic acids is 1. The molecule has 136 valence electrons. The Morgan fingerprint density at radius 3 is 2.74 bits per heavy atom. The maximum absolute atomic E-state index is 13.0. The summed E-state index contributed by atoms with van der Waals surface area (Å²) in [5.41, 5.74) is 1.77. The summed E-state index contributed by atoms with van der Waals surface area (Å²) in [5.74, 6) is -0.314. The normalized spacial score (nSPS) is 10.9. The van der Waals surface area contributed by atoms with Crippen molar-refractivity contribution >= 4 is 17.3 Å². The lowest BCUT2D eigenvalue weighted by Crippen LogP contribution is -2.05. The Morgan fingerprint density at radius 2 is 2.00 bits per heavy atom. The van der Waals surface area contributed by atoms with Gasteiger partial charge in [0.2, 0.25) is 0 Å². The van der Waals surface area contributed by atoms with Crippen LogP contribution in [-0.2, 0) is 11.3 Å². The predicted octanol–water partition coefficient (Wildman–Crippen LogP) is 4.39. The molecule has 0 bridgehead atoms. The summed E-state index contributed by atoms with van der Waals surface area (Å²) in [6, 6.07) is 11.3. The summed E-state index contributed by atoms with van der Waals surface area (Å²) < 4.78 is 25.4. The third-order valence-corrected chi connectivity index (χ3v) is 4.99. The number of thiazole rings is 1. The Labute approximate surface area is 157 Å². The Bertz CT molecular complexity index is 1070. The fraction of sp³-hybridized carbons (Fsp3) is 0.105. The molecule has 0 saturated carbocycles. The van der Waals surface area contributed by atoms with E-state index in [4.69, 9.17) is 9.26 Å². The van der Waals surface area contributed by atoms with Gasteiger partial charge in [0.1, 0.15) is 23.0 Å². The molecule has 0 aliphatic carbocycles. The number of aromatic nitrogens is 3. The number of carbonyl (C=O) groups is 1. The molecule has 3 aromatic heterocycles. The van der Waals surface area contributed by atoms with Crippen LogP contribution in [0.5, 0.6) is 0 Å². The topological polar surface area (TPSA) is 70.2 Å². The third kappa shape index (κ3) is 3.65. The smallest absolute Gasteiger partial charge is 0.350 e. The quantitative estimate of drug-likeness (QED) is 0.478. The van der Waals surface area contributed by atoms with Crippen molar-refractivity contribution in [1.82, 2.24) is 14.7 Å². The maximum atomic E-state index is 13.0. The van der Waals surface area contributed by atoms with Gasteiger partial charge in [-0.1, -0.05) is 16.5 Å². The van der Waals surface area contributed by atoms with Crippen molar-refractivity contribution in [1.29, 1.82) is 0 Å². The lowest BCUT2D eigenvalue weighted by Gasteiger charge is -2.00. The highest BCUT2D eigenvalue weighted by Crippen LogP contribution is 2.24. The molecule has 0 fully saturated rings. The van der Waals surface area contributed by atoms with E-state index in [1.54, 1.807) is 25.1 Å². The van der Waals surface area contributed by atoms with Gasteiger partial charge < -0.3 is 13.8 Å². The Hall–Kier alpha value is -3.26. The van der Waals surface area contributed by atoms with Crippen LogP contribution in [0.15, 0.2) is 59.4 Å². The van der Waals surface area contributed by atoms with Gasteiger partial charge in [0, 0.05) is 24.0 Å². The van der Waals surface area contributed by atoms with Gasteiger partial charge in [0.15, 0.2) is 10.9 Å². The number of rotatable bonds is 5. The van der Waals surface area contributed by atoms with E-state index in [-0.39, 0.29) is 12.4 Å². The van der Waals surface area contributed by atoms with Crippen molar-refractivity contribution in [2.45, 2.75) is 13.5 Å². The first kappa shape index (κ1) is 17.2. The van der Waals surface area contributed by atoms with Gasteiger partial charge in [0.05, 0.1) is 5.69 Å². The summed E-state index contributed by atoms with van der Waals surface area (Å²) in [7, 11) is 0. The molecule has 27 heavy (non-hydrogen) atoms. The minimum Gasteiger partial charge on any atom is -0.455 e. The van der Waals surface area contributed by atoms with E-state index in [2.05, 4.69) is 10.1 Å². The zero-order valence-corrected chi connectivity index (χ0v) is 15.1. The summed E-state index contributed by atoms with van der Waals surface area (Å²) in [4.78, 5) is 17.2. The van der Waals surface area contributed by atoms with Crippen LogP contribution in [0.1, 0.15) is 21.1 Å². The fourth-order valence-electron chi connectivity index (χ4n) is 2.48. The van der Waals surface area contributed by atoms with Crippen molar-refractivity contribution < 1.29 is 18.4 Å². The molecule has 3 heterocycles. The molecule has 4 aromatic rings. The van der Waals surface area contributed by atoms with Crippen LogP contribution in [-0.4, -0.2) is 20.7 Å². The SMILES string of the molecule is Cc1nc(-n2cccc2)sc1C(=O)OCc1cc(-c2ccc(F)cc2)on1. The van der Waals surface area contributed by atoms with Crippen LogP contribution in [0, 0.1) is 12.7 Å². The number of halogens is 1. The molecule has 0 radical (unpaired) electrons. The van der Waals surface area contributed by atoms with Gasteiger partial charge in [-0.2, -0.15) is 0 Å². The van der Waals surface area contributed by atoms with Crippen LogP contribution in [0.3, 0.4) is 0 Å². The van der Waals surface area contributed by atoms with E-state index in [9.17, 15) is 9.18 Å². The van der Waals surface area contributed by atoms with Gasteiger partial charge in [-0.05, 0) is 43.3 Å². The number of hydrogen-bond acceptors (Lipinski definition) is 6. The van der Waals surface area contributed by atoms with Gasteiger partial charge in [-0.3, -0.25) is 0 Å². The monoisotopic (exact) mass is 383 g/mol. The zero-order chi connectivity index (χ0) is 18.8. The van der Waals surface area contributed by atoms with E-state index in [0.29, 0.717) is 32.7 Å². The first-order valence-electron chi connectivity index (χ1n) is 8.09. The average molecular weight is 383 g/mol. The number of benzene rings is 1. The molecule has 4 rings (SSSR count). The minimum absolute atomic E-state index is 0.0281. The Balaban J connectivity index is 1.43. The molecule has 0 aliphatic rings. The lowest BCUT2D eigenvalue weighted by atomic mass is 10.1. The molecule has 0 spiro atoms. The summed E-state index contributed by atoms with van der Waals surface area (Å²) in [6.45, 7) is 1.74. The van der Waals surface area contributed by atoms with Crippen molar-refractivity contribution in [2.75, 3.05) is 0 Å². The van der Waals surface area contributed by atoms with Crippen LogP contribution in [0.2, 0.25) is 0 Å². The molecule has 0 saturated heterocycles. The standard InChI is InChI=1S/C19H14FN3O3S/c1-12-17(27-19(21-12)23-8-2-3-9-23)18(24)25-11-15-10-16(26-22-15)13-4-6-14(20)7-5-13/h2-10H,11H2,1H3. The molecular formula is C19H14FN3O3S. The van der Waals surface area contributed by atoms with E-state index in [0.717, 1.165) is 0 Å². The second-order valence-electron chi connectivity index (χ2n) is 5.77. The summed E-state index contributed by atoms with van der Waals surface area (Å²) in [5, 5.41) is 4.59. The molecule has 1 aromatic carbocycles. The summed E-state index contributed by atoms with van der Waals surface area (Å²) in [6.07, 6.45) is 3.72. The highest BCUT2D eigenvalue weighted by Gasteiger charge is 2.18. The van der Waals surface area contributed by atoms with Crippen molar-refractivity contribution in [3.63, 3.8) is 0 Å². The van der Waals surface area contributed by atoms with Gasteiger partial charge in [-0.25, -0.2) is 14.2 Å². The first-order valence-corrected chi connectivity index (χ1v) is 8.91. The maximum Gasteiger partial charge on any atom is 0.350 e. The van der Waals surface area contributed by atoms with Crippen molar-refractivity contribution in [3.05, 3.63) is 76.9 Å². The molecule has 0 amide bonds. The van der Waals surface area contributed by atoms with E-state index < -0.39 is 5.97 Å². The highest BCUT2D eigenvalue weighted by molar-refractivity contribution is 7.16. The fourth-order valence-corrected chi connectivity index (χ4v) is 3.41. The van der Waals surface area contributed by atoms with Crippen LogP contribution in [0.25, 0.3) is 16.5 Å². The van der Waals surface area contributed by atoms with E-state index >= 15 is 0 Å². The molecule has 0 atom stereocenters. The molecule has 0 aliphatic heterocycles. The lowest BCUT2D eigenvalue weighted by molar-refractivity contribution is 0.0469. The average Bonchev–Trinajstić information content (AvgIpc) is 3.41. The summed E-state index contributed by atoms with van der Waals surface area (Å²) >= 11 is 1.26. The number of aryl methyl sites for hydroxylation is 1. The number of hydrogen-bond donors (Lipinski definition) is 0. The van der Waals surface area contributed by atoms with Crippen LogP contribution in [0.4, 0.5) is 4.39 Å². The highest BCUT2D eigenvalue weighted by atomic mass is 32.1. The zero-order valence-electron chi connectivity index (χ0n) is 14.3. The third-order valence-electron chi connectivity index (χ3n) is 3.83. The number of nitrogens with zero attached hydrogens (tertiary/aromatic N) is 3. The predicted molar refractivity (Wildman–Crippen MR) is 97.2 cm³/mol. The first-order chi connectivity index (χ1) is 13.1. The largest absolute Gasteiger partial charge is 0.455 e. The van der Waals surface area contributed by atoms with Crippen LogP contribution < -0.4 is 0 Å². The van der Waals surface area contributed by atoms with Crippen LogP contribution >= 0.6 is 11.3 Å². The molecule has 6 nitrogen and oxygen atoms in total. The Kier molecular flexibility index (Phi) is 4.55. The second-order valence-corrected chi connectivity index (χ2v) is 6.74. The van der Waals surface area contributed by atoms with E-state index in [1.165, 1.54) is 23.5 Å². The van der Waals surface area contributed by atoms with Gasteiger partial charge in [0.25, 0.3) is 0 Å². The molecular weight excluding hydrogens is 369 g/mol. The van der Waals surface area contributed by atoms with Gasteiger partial charge in [-0.15, -0.1) is 0 Å². The number of ether oxygens (including phenoxy) is 1. The second kappa shape index (κ2) is 7.16.